The second-order valence-electron chi connectivity index (χ2n) is 1.88. The van der Waals surface area contributed by atoms with E-state index in [4.69, 9.17) is 0 Å². The zero-order valence-electron chi connectivity index (χ0n) is 4.82. The molecule has 1 nitrogen and oxygen atoms in total. The Morgan fingerprint density at radius 1 is 1.62 bits per heavy atom. The molecule has 8 heavy (non-hydrogen) atoms. The summed E-state index contributed by atoms with van der Waals surface area (Å²) in [5.74, 6) is -4.02. The van der Waals surface area contributed by atoms with E-state index in [1.165, 1.54) is 6.92 Å². The predicted octanol–water partition coefficient (Wildman–Crippen LogP) is 1.48. The van der Waals surface area contributed by atoms with Crippen LogP contribution in [0, 0.1) is 5.92 Å². The summed E-state index contributed by atoms with van der Waals surface area (Å²) in [5.41, 5.74) is 0. The van der Waals surface area contributed by atoms with Crippen molar-refractivity contribution in [2.45, 2.75) is 19.8 Å². The quantitative estimate of drug-likeness (QED) is 0.507. The summed E-state index contributed by atoms with van der Waals surface area (Å²) in [6.07, 6.45) is 0.250. The van der Waals surface area contributed by atoms with Crippen LogP contribution in [0.1, 0.15) is 13.8 Å². The lowest BCUT2D eigenvalue weighted by molar-refractivity contribution is -0.121. The van der Waals surface area contributed by atoms with Crippen LogP contribution in [0.4, 0.5) is 8.78 Å². The van der Waals surface area contributed by atoms with E-state index in [1.54, 1.807) is 0 Å². The van der Waals surface area contributed by atoms with E-state index in [0.29, 0.717) is 0 Å². The zero-order chi connectivity index (χ0) is 6.78. The minimum atomic E-state index is -2.86. The van der Waals surface area contributed by atoms with Crippen LogP contribution in [0.2, 0.25) is 0 Å². The molecule has 0 aliphatic carbocycles. The highest BCUT2D eigenvalue weighted by molar-refractivity contribution is 5.54. The van der Waals surface area contributed by atoms with Gasteiger partial charge < -0.3 is 4.79 Å². The average Bonchev–Trinajstić information content (AvgIpc) is 1.62. The average molecular weight is 122 g/mol. The van der Waals surface area contributed by atoms with Gasteiger partial charge in [-0.3, -0.25) is 0 Å². The second-order valence-corrected chi connectivity index (χ2v) is 1.88. The number of hydrogen-bond acceptors (Lipinski definition) is 1. The molecule has 0 spiro atoms. The summed E-state index contributed by atoms with van der Waals surface area (Å²) < 4.78 is 23.8. The molecular weight excluding hydrogens is 114 g/mol. The highest BCUT2D eigenvalue weighted by atomic mass is 19.3. The number of halogens is 2. The van der Waals surface area contributed by atoms with Crippen molar-refractivity contribution in [1.82, 2.24) is 0 Å². The van der Waals surface area contributed by atoms with Crippen molar-refractivity contribution in [1.29, 1.82) is 0 Å². The van der Waals surface area contributed by atoms with E-state index in [1.807, 2.05) is 0 Å². The number of carbonyl (C=O) groups is 1. The monoisotopic (exact) mass is 122 g/mol. The Hall–Kier alpha value is -0.470. The second kappa shape index (κ2) is 2.20. The van der Waals surface area contributed by atoms with E-state index in [-0.39, 0.29) is 6.29 Å². The lowest BCUT2D eigenvalue weighted by Crippen LogP contribution is -2.22. The fourth-order valence-corrected chi connectivity index (χ4v) is 0.119. The first kappa shape index (κ1) is 7.53. The standard InChI is InChI=1S/C5H8F2O/c1-4(3-8)5(2,6)7/h3-4H,1-2H3. The fraction of sp³-hybridized carbons (Fsp3) is 0.800. The molecule has 0 saturated heterocycles. The molecule has 1 unspecified atom stereocenters. The highest BCUT2D eigenvalue weighted by Crippen LogP contribution is 2.20. The Morgan fingerprint density at radius 2 is 2.00 bits per heavy atom. The summed E-state index contributed by atoms with van der Waals surface area (Å²) in [6.45, 7) is 1.92. The van der Waals surface area contributed by atoms with Crippen LogP contribution in [-0.2, 0) is 4.79 Å². The third-order valence-corrected chi connectivity index (χ3v) is 1.00. The number of aldehydes is 1. The molecule has 48 valence electrons. The predicted molar refractivity (Wildman–Crippen MR) is 25.8 cm³/mol. The normalized spacial score (nSPS) is 15.5. The van der Waals surface area contributed by atoms with Gasteiger partial charge in [-0.2, -0.15) is 0 Å². The molecule has 0 aromatic rings. The van der Waals surface area contributed by atoms with Gasteiger partial charge in [0.05, 0.1) is 5.92 Å². The largest absolute Gasteiger partial charge is 0.303 e. The molecule has 0 radical (unpaired) electrons. The van der Waals surface area contributed by atoms with Crippen LogP contribution in [-0.4, -0.2) is 12.2 Å². The molecule has 0 amide bonds. The third kappa shape index (κ3) is 2.00. The van der Waals surface area contributed by atoms with Crippen molar-refractivity contribution < 1.29 is 13.6 Å². The molecule has 0 fully saturated rings. The third-order valence-electron chi connectivity index (χ3n) is 1.00. The topological polar surface area (TPSA) is 17.1 Å². The zero-order valence-corrected chi connectivity index (χ0v) is 4.82. The molecule has 0 aliphatic heterocycles. The van der Waals surface area contributed by atoms with Crippen LogP contribution in [0.5, 0.6) is 0 Å². The van der Waals surface area contributed by atoms with Gasteiger partial charge in [-0.05, 0) is 6.92 Å². The van der Waals surface area contributed by atoms with Gasteiger partial charge >= 0.3 is 0 Å². The van der Waals surface area contributed by atoms with Crippen molar-refractivity contribution in [3.05, 3.63) is 0 Å². The fourth-order valence-electron chi connectivity index (χ4n) is 0.119. The Bertz CT molecular complexity index is 84.9. The van der Waals surface area contributed by atoms with Gasteiger partial charge in [0.15, 0.2) is 0 Å². The maximum atomic E-state index is 11.9. The Labute approximate surface area is 46.7 Å². The van der Waals surface area contributed by atoms with Crippen LogP contribution in [0.15, 0.2) is 0 Å². The van der Waals surface area contributed by atoms with Crippen LogP contribution >= 0.6 is 0 Å². The van der Waals surface area contributed by atoms with E-state index < -0.39 is 11.8 Å². The smallest absolute Gasteiger partial charge is 0.254 e. The molecule has 3 heteroatoms. The van der Waals surface area contributed by atoms with Gasteiger partial charge in [-0.1, -0.05) is 0 Å². The summed E-state index contributed by atoms with van der Waals surface area (Å²) in [5, 5.41) is 0. The number of rotatable bonds is 2. The van der Waals surface area contributed by atoms with E-state index in [0.717, 1.165) is 6.92 Å². The molecule has 0 aliphatic rings. The van der Waals surface area contributed by atoms with Gasteiger partial charge in [0.1, 0.15) is 6.29 Å². The van der Waals surface area contributed by atoms with E-state index >= 15 is 0 Å². The van der Waals surface area contributed by atoms with Crippen LogP contribution in [0.25, 0.3) is 0 Å². The molecule has 0 saturated carbocycles. The van der Waals surface area contributed by atoms with Crippen molar-refractivity contribution in [2.75, 3.05) is 0 Å². The maximum absolute atomic E-state index is 11.9. The Morgan fingerprint density at radius 3 is 2.00 bits per heavy atom. The van der Waals surface area contributed by atoms with E-state index in [9.17, 15) is 13.6 Å². The molecular formula is C5H8F2O. The Kier molecular flexibility index (Phi) is 2.07. The molecule has 1 atom stereocenters. The maximum Gasteiger partial charge on any atom is 0.254 e. The number of hydrogen-bond donors (Lipinski definition) is 0. The van der Waals surface area contributed by atoms with Gasteiger partial charge in [0.25, 0.3) is 5.92 Å². The van der Waals surface area contributed by atoms with Gasteiger partial charge in [-0.25, -0.2) is 8.78 Å². The lowest BCUT2D eigenvalue weighted by Gasteiger charge is -2.11. The van der Waals surface area contributed by atoms with E-state index in [2.05, 4.69) is 0 Å². The van der Waals surface area contributed by atoms with Gasteiger partial charge in [-0.15, -0.1) is 0 Å². The summed E-state index contributed by atoms with van der Waals surface area (Å²) in [4.78, 5) is 9.67. The van der Waals surface area contributed by atoms with Gasteiger partial charge in [0, 0.05) is 6.92 Å². The summed E-state index contributed by atoms with van der Waals surface area (Å²) >= 11 is 0. The summed E-state index contributed by atoms with van der Waals surface area (Å²) in [7, 11) is 0. The van der Waals surface area contributed by atoms with Crippen molar-refractivity contribution in [3.63, 3.8) is 0 Å². The van der Waals surface area contributed by atoms with Crippen molar-refractivity contribution in [3.8, 4) is 0 Å². The minimum Gasteiger partial charge on any atom is -0.303 e. The van der Waals surface area contributed by atoms with Crippen LogP contribution < -0.4 is 0 Å². The first-order valence-corrected chi connectivity index (χ1v) is 2.31. The molecule has 0 aromatic heterocycles. The number of carbonyl (C=O) groups excluding carboxylic acids is 1. The molecule has 0 heterocycles. The summed E-state index contributed by atoms with van der Waals surface area (Å²) in [6, 6.07) is 0. The van der Waals surface area contributed by atoms with Crippen molar-refractivity contribution >= 4 is 6.29 Å². The Balaban J connectivity index is 3.80. The first-order chi connectivity index (χ1) is 3.48. The molecule has 0 aromatic carbocycles. The van der Waals surface area contributed by atoms with Crippen molar-refractivity contribution in [2.24, 2.45) is 5.92 Å². The first-order valence-electron chi connectivity index (χ1n) is 2.31. The SMILES string of the molecule is CC(C=O)C(C)(F)F. The molecule has 0 rings (SSSR count). The number of alkyl halides is 2. The highest BCUT2D eigenvalue weighted by Gasteiger charge is 2.29. The molecule has 0 bridgehead atoms. The minimum absolute atomic E-state index is 0.250. The molecule has 0 N–H and O–H groups in total. The lowest BCUT2D eigenvalue weighted by atomic mass is 10.1. The van der Waals surface area contributed by atoms with Crippen LogP contribution in [0.3, 0.4) is 0 Å². The van der Waals surface area contributed by atoms with Gasteiger partial charge in [0.2, 0.25) is 0 Å².